The first-order valence-electron chi connectivity index (χ1n) is 7.79. The van der Waals surface area contributed by atoms with E-state index in [1.807, 2.05) is 0 Å². The molecular formula is C16H9F6N3O4S. The minimum Gasteiger partial charge on any atom is -0.406 e. The Hall–Kier alpha value is -3.29. The maximum atomic E-state index is 13.8. The van der Waals surface area contributed by atoms with Gasteiger partial charge in [0.05, 0.1) is 10.6 Å². The summed E-state index contributed by atoms with van der Waals surface area (Å²) in [5.74, 6) is -3.85. The van der Waals surface area contributed by atoms with Crippen LogP contribution in [-0.2, 0) is 4.79 Å². The summed E-state index contributed by atoms with van der Waals surface area (Å²) in [4.78, 5) is 36.8. The van der Waals surface area contributed by atoms with Crippen LogP contribution >= 0.6 is 11.3 Å². The lowest BCUT2D eigenvalue weighted by Crippen LogP contribution is -2.69. The minimum atomic E-state index is -5.43. The van der Waals surface area contributed by atoms with Crippen LogP contribution in [0.5, 0.6) is 5.75 Å². The second kappa shape index (κ2) is 7.19. The average molecular weight is 453 g/mol. The highest BCUT2D eigenvalue weighted by Gasteiger charge is 2.69. The van der Waals surface area contributed by atoms with E-state index in [9.17, 15) is 40.7 Å². The molecule has 1 atom stereocenters. The Morgan fingerprint density at radius 1 is 1.07 bits per heavy atom. The van der Waals surface area contributed by atoms with Gasteiger partial charge in [0.25, 0.3) is 17.5 Å². The van der Waals surface area contributed by atoms with Crippen molar-refractivity contribution in [3.8, 4) is 5.75 Å². The number of rotatable bonds is 4. The summed E-state index contributed by atoms with van der Waals surface area (Å²) in [6, 6.07) is 4.06. The van der Waals surface area contributed by atoms with Crippen molar-refractivity contribution in [1.82, 2.24) is 10.6 Å². The number of hydrogen-bond acceptors (Lipinski definition) is 5. The molecule has 1 unspecified atom stereocenters. The molecule has 0 aliphatic carbocycles. The van der Waals surface area contributed by atoms with Gasteiger partial charge in [-0.15, -0.1) is 24.5 Å². The van der Waals surface area contributed by atoms with Gasteiger partial charge >= 0.3 is 18.6 Å². The van der Waals surface area contributed by atoms with Crippen LogP contribution < -0.4 is 20.3 Å². The number of urea groups is 1. The van der Waals surface area contributed by atoms with E-state index in [-0.39, 0.29) is 9.78 Å². The number of amides is 4. The van der Waals surface area contributed by atoms with Crippen molar-refractivity contribution in [2.45, 2.75) is 18.2 Å². The Labute approximate surface area is 167 Å². The van der Waals surface area contributed by atoms with Crippen LogP contribution in [0.2, 0.25) is 0 Å². The fraction of sp³-hybridized carbons (Fsp3) is 0.188. The van der Waals surface area contributed by atoms with Gasteiger partial charge in [-0.1, -0.05) is 6.07 Å². The monoisotopic (exact) mass is 453 g/mol. The average Bonchev–Trinajstić information content (AvgIpc) is 3.22. The van der Waals surface area contributed by atoms with Crippen molar-refractivity contribution in [2.75, 3.05) is 4.90 Å². The summed E-state index contributed by atoms with van der Waals surface area (Å²) in [6.07, 6.45) is -10.4. The molecule has 0 saturated carbocycles. The summed E-state index contributed by atoms with van der Waals surface area (Å²) >= 11 is 0.806. The number of anilines is 1. The van der Waals surface area contributed by atoms with Gasteiger partial charge in [-0.25, -0.2) is 9.69 Å². The van der Waals surface area contributed by atoms with Gasteiger partial charge in [-0.05, 0) is 35.7 Å². The van der Waals surface area contributed by atoms with E-state index in [1.165, 1.54) is 28.1 Å². The van der Waals surface area contributed by atoms with Crippen molar-refractivity contribution in [3.63, 3.8) is 0 Å². The van der Waals surface area contributed by atoms with Crippen molar-refractivity contribution in [1.29, 1.82) is 0 Å². The summed E-state index contributed by atoms with van der Waals surface area (Å²) in [5.41, 5.74) is -4.23. The maximum Gasteiger partial charge on any atom is 0.573 e. The molecular weight excluding hydrogens is 444 g/mol. The lowest BCUT2D eigenvalue weighted by Gasteiger charge is -2.29. The molecule has 4 amide bonds. The third kappa shape index (κ3) is 3.90. The van der Waals surface area contributed by atoms with Crippen LogP contribution in [0.4, 0.5) is 36.8 Å². The lowest BCUT2D eigenvalue weighted by atomic mass is 10.1. The molecule has 0 radical (unpaired) electrons. The largest absolute Gasteiger partial charge is 0.573 e. The smallest absolute Gasteiger partial charge is 0.406 e. The maximum absolute atomic E-state index is 13.8. The molecule has 1 fully saturated rings. The third-order valence-electron chi connectivity index (χ3n) is 3.82. The number of benzene rings is 1. The second-order valence-electron chi connectivity index (χ2n) is 5.79. The zero-order valence-corrected chi connectivity index (χ0v) is 15.1. The first-order chi connectivity index (χ1) is 13.8. The number of thiophene rings is 1. The first kappa shape index (κ1) is 21.4. The van der Waals surface area contributed by atoms with Crippen LogP contribution in [0, 0.1) is 0 Å². The van der Waals surface area contributed by atoms with Gasteiger partial charge in [0.2, 0.25) is 0 Å². The predicted octanol–water partition coefficient (Wildman–Crippen LogP) is 3.39. The Kier molecular flexibility index (Phi) is 5.14. The van der Waals surface area contributed by atoms with E-state index in [1.54, 1.807) is 0 Å². The normalized spacial score (nSPS) is 19.6. The van der Waals surface area contributed by atoms with E-state index in [0.717, 1.165) is 23.5 Å². The van der Waals surface area contributed by atoms with Crippen LogP contribution in [-0.4, -0.2) is 36.0 Å². The zero-order chi connectivity index (χ0) is 22.3. The lowest BCUT2D eigenvalue weighted by molar-refractivity contribution is -0.274. The molecule has 2 aromatic rings. The topological polar surface area (TPSA) is 87.7 Å². The molecule has 1 aliphatic heterocycles. The molecule has 14 heteroatoms. The Morgan fingerprint density at radius 3 is 2.20 bits per heavy atom. The van der Waals surface area contributed by atoms with Crippen LogP contribution in [0.1, 0.15) is 9.67 Å². The van der Waals surface area contributed by atoms with Crippen molar-refractivity contribution in [3.05, 3.63) is 46.7 Å². The molecule has 30 heavy (non-hydrogen) atoms. The van der Waals surface area contributed by atoms with E-state index in [0.29, 0.717) is 12.1 Å². The van der Waals surface area contributed by atoms with Gasteiger partial charge in [-0.2, -0.15) is 13.2 Å². The Bertz CT molecular complexity index is 974. The number of hydrogen-bond donors (Lipinski definition) is 2. The highest BCUT2D eigenvalue weighted by molar-refractivity contribution is 7.12. The van der Waals surface area contributed by atoms with E-state index in [2.05, 4.69) is 4.74 Å². The fourth-order valence-electron chi connectivity index (χ4n) is 2.55. The van der Waals surface area contributed by atoms with Gasteiger partial charge in [0, 0.05) is 0 Å². The highest BCUT2D eigenvalue weighted by Crippen LogP contribution is 2.36. The number of ether oxygens (including phenoxy) is 1. The second-order valence-corrected chi connectivity index (χ2v) is 6.74. The number of alkyl halides is 6. The minimum absolute atomic E-state index is 0.0551. The molecule has 0 spiro atoms. The highest BCUT2D eigenvalue weighted by atomic mass is 32.1. The number of carbonyl (C=O) groups excluding carboxylic acids is 3. The first-order valence-corrected chi connectivity index (χ1v) is 8.67. The number of nitrogens with one attached hydrogen (secondary N) is 2. The molecule has 1 saturated heterocycles. The van der Waals surface area contributed by atoms with Gasteiger partial charge in [-0.3, -0.25) is 14.9 Å². The summed E-state index contributed by atoms with van der Waals surface area (Å²) in [7, 11) is 0. The number of carbonyl (C=O) groups is 3. The SMILES string of the molecule is O=C(NC1(C(F)(F)F)NC(=O)N(c2ccc(OC(F)(F)F)cc2)C1=O)c1cccs1. The van der Waals surface area contributed by atoms with Gasteiger partial charge in [0.15, 0.2) is 0 Å². The van der Waals surface area contributed by atoms with Crippen LogP contribution in [0.15, 0.2) is 41.8 Å². The van der Waals surface area contributed by atoms with Crippen LogP contribution in [0.3, 0.4) is 0 Å². The predicted molar refractivity (Wildman–Crippen MR) is 89.7 cm³/mol. The molecule has 1 aliphatic rings. The van der Waals surface area contributed by atoms with E-state index >= 15 is 0 Å². The summed E-state index contributed by atoms with van der Waals surface area (Å²) in [5, 5.41) is 4.35. The van der Waals surface area contributed by atoms with E-state index in [4.69, 9.17) is 0 Å². The number of imide groups is 1. The Morgan fingerprint density at radius 2 is 1.70 bits per heavy atom. The van der Waals surface area contributed by atoms with Crippen molar-refractivity contribution in [2.24, 2.45) is 0 Å². The number of halogens is 6. The zero-order valence-electron chi connectivity index (χ0n) is 14.3. The van der Waals surface area contributed by atoms with E-state index < -0.39 is 47.5 Å². The standard InChI is InChI=1S/C16H9F6N3O4S/c17-15(18,19)14(23-11(26)10-2-1-7-30-10)12(27)25(13(28)24-14)8-3-5-9(6-4-8)29-16(20,21)22/h1-7H,(H,23,26)(H,24,28). The molecule has 2 N–H and O–H groups in total. The summed E-state index contributed by atoms with van der Waals surface area (Å²) < 4.78 is 81.6. The van der Waals surface area contributed by atoms with Crippen molar-refractivity contribution < 1.29 is 45.5 Å². The van der Waals surface area contributed by atoms with Gasteiger partial charge in [0.1, 0.15) is 5.75 Å². The number of nitrogens with zero attached hydrogens (tertiary/aromatic N) is 1. The Balaban J connectivity index is 1.92. The molecule has 1 aromatic heterocycles. The molecule has 3 rings (SSSR count). The molecule has 160 valence electrons. The van der Waals surface area contributed by atoms with Crippen molar-refractivity contribution >= 4 is 34.9 Å². The van der Waals surface area contributed by atoms with Gasteiger partial charge < -0.3 is 10.1 Å². The molecule has 0 bridgehead atoms. The molecule has 7 nitrogen and oxygen atoms in total. The fourth-order valence-corrected chi connectivity index (χ4v) is 3.17. The quantitative estimate of drug-likeness (QED) is 0.549. The molecule has 2 heterocycles. The summed E-state index contributed by atoms with van der Waals surface area (Å²) in [6.45, 7) is 0. The van der Waals surface area contributed by atoms with Crippen LogP contribution in [0.25, 0.3) is 0 Å². The molecule has 1 aromatic carbocycles. The third-order valence-corrected chi connectivity index (χ3v) is 4.69.